The van der Waals surface area contributed by atoms with E-state index in [1.54, 1.807) is 24.3 Å². The molecule has 3 fully saturated rings. The average molecular weight is 533 g/mol. The molecule has 2 unspecified atom stereocenters. The van der Waals surface area contributed by atoms with Gasteiger partial charge in [0.15, 0.2) is 23.3 Å². The summed E-state index contributed by atoms with van der Waals surface area (Å²) in [7, 11) is 0. The molecule has 6 heteroatoms. The first-order valence-electron chi connectivity index (χ1n) is 14.6. The van der Waals surface area contributed by atoms with Crippen LogP contribution in [0.25, 0.3) is 0 Å². The molecule has 2 nitrogen and oxygen atoms in total. The highest BCUT2D eigenvalue weighted by Crippen LogP contribution is 2.42. The number of aryl methyl sites for hydroxylation is 1. The number of hydrogen-bond acceptors (Lipinski definition) is 2. The summed E-state index contributed by atoms with van der Waals surface area (Å²) in [6, 6.07) is 6.88. The molecule has 0 amide bonds. The van der Waals surface area contributed by atoms with E-state index >= 15 is 8.78 Å². The van der Waals surface area contributed by atoms with Crippen molar-refractivity contribution >= 4 is 0 Å². The lowest BCUT2D eigenvalue weighted by molar-refractivity contribution is 0.0727. The molecular formula is C32H40F4O2. The van der Waals surface area contributed by atoms with Crippen LogP contribution in [0.1, 0.15) is 118 Å². The minimum Gasteiger partial charge on any atom is -0.393 e. The third-order valence-corrected chi connectivity index (χ3v) is 9.46. The summed E-state index contributed by atoms with van der Waals surface area (Å²) in [4.78, 5) is 0. The highest BCUT2D eigenvalue weighted by atomic mass is 19.2. The van der Waals surface area contributed by atoms with E-state index in [0.29, 0.717) is 41.2 Å². The Morgan fingerprint density at radius 1 is 0.763 bits per heavy atom. The van der Waals surface area contributed by atoms with Gasteiger partial charge in [-0.3, -0.25) is 0 Å². The number of benzene rings is 2. The fourth-order valence-electron chi connectivity index (χ4n) is 6.95. The third kappa shape index (κ3) is 5.96. The molecule has 0 aromatic heterocycles. The molecule has 38 heavy (non-hydrogen) atoms. The predicted octanol–water partition coefficient (Wildman–Crippen LogP) is 8.66. The maximum atomic E-state index is 15.1. The van der Waals surface area contributed by atoms with Crippen LogP contribution >= 0.6 is 0 Å². The van der Waals surface area contributed by atoms with Gasteiger partial charge < -0.3 is 9.84 Å². The van der Waals surface area contributed by atoms with E-state index in [1.807, 2.05) is 0 Å². The summed E-state index contributed by atoms with van der Waals surface area (Å²) < 4.78 is 64.4. The van der Waals surface area contributed by atoms with Crippen LogP contribution in [0, 0.1) is 35.1 Å². The second-order valence-corrected chi connectivity index (χ2v) is 11.9. The van der Waals surface area contributed by atoms with Crippen molar-refractivity contribution in [2.45, 2.75) is 108 Å². The Labute approximate surface area is 223 Å². The monoisotopic (exact) mass is 532 g/mol. The molecule has 1 aliphatic heterocycles. The van der Waals surface area contributed by atoms with Gasteiger partial charge >= 0.3 is 0 Å². The SMILES string of the molecule is CCCC(O)C1CCC(c2ccc(CCC3CCC(c4ccc(C5CO5)c(F)c4F)CC3)c(F)c2F)CC1. The lowest BCUT2D eigenvalue weighted by Gasteiger charge is -2.32. The Morgan fingerprint density at radius 2 is 1.29 bits per heavy atom. The van der Waals surface area contributed by atoms with Crippen molar-refractivity contribution in [2.75, 3.05) is 6.61 Å². The first kappa shape index (κ1) is 27.6. The Morgan fingerprint density at radius 3 is 1.89 bits per heavy atom. The second kappa shape index (κ2) is 12.1. The summed E-state index contributed by atoms with van der Waals surface area (Å²) in [6.07, 6.45) is 8.94. The van der Waals surface area contributed by atoms with Crippen LogP contribution in [0.3, 0.4) is 0 Å². The number of hydrogen-bond donors (Lipinski definition) is 1. The largest absolute Gasteiger partial charge is 0.393 e. The van der Waals surface area contributed by atoms with Gasteiger partial charge in [0.2, 0.25) is 0 Å². The maximum absolute atomic E-state index is 15.1. The molecule has 2 saturated carbocycles. The minimum atomic E-state index is -0.782. The molecule has 208 valence electrons. The van der Waals surface area contributed by atoms with Crippen molar-refractivity contribution in [3.8, 4) is 0 Å². The molecule has 2 aromatic carbocycles. The predicted molar refractivity (Wildman–Crippen MR) is 140 cm³/mol. The summed E-state index contributed by atoms with van der Waals surface area (Å²) in [5.74, 6) is -2.33. The van der Waals surface area contributed by atoms with Crippen LogP contribution in [0.4, 0.5) is 17.6 Å². The number of aliphatic hydroxyl groups excluding tert-OH is 1. The van der Waals surface area contributed by atoms with Crippen molar-refractivity contribution in [2.24, 2.45) is 11.8 Å². The van der Waals surface area contributed by atoms with Gasteiger partial charge in [0.25, 0.3) is 0 Å². The Kier molecular flexibility index (Phi) is 8.79. The lowest BCUT2D eigenvalue weighted by Crippen LogP contribution is -2.25. The Balaban J connectivity index is 1.13. The average Bonchev–Trinajstić information content (AvgIpc) is 3.77. The van der Waals surface area contributed by atoms with Gasteiger partial charge in [-0.05, 0) is 111 Å². The van der Waals surface area contributed by atoms with E-state index in [2.05, 4.69) is 6.92 Å². The van der Waals surface area contributed by atoms with Gasteiger partial charge in [-0.15, -0.1) is 0 Å². The third-order valence-electron chi connectivity index (χ3n) is 9.46. The number of halogens is 4. The van der Waals surface area contributed by atoms with Gasteiger partial charge in [0, 0.05) is 5.56 Å². The Bertz CT molecular complexity index is 1100. The molecule has 0 spiro atoms. The van der Waals surface area contributed by atoms with Gasteiger partial charge in [-0.1, -0.05) is 37.6 Å². The summed E-state index contributed by atoms with van der Waals surface area (Å²) >= 11 is 0. The Hall–Kier alpha value is -1.92. The van der Waals surface area contributed by atoms with Gasteiger partial charge in [-0.2, -0.15) is 0 Å². The van der Waals surface area contributed by atoms with Gasteiger partial charge in [0.05, 0.1) is 12.7 Å². The van der Waals surface area contributed by atoms with Crippen LogP contribution < -0.4 is 0 Å². The van der Waals surface area contributed by atoms with Crippen molar-refractivity contribution in [1.29, 1.82) is 0 Å². The van der Waals surface area contributed by atoms with Crippen LogP contribution in [0.2, 0.25) is 0 Å². The molecule has 1 saturated heterocycles. The zero-order valence-corrected chi connectivity index (χ0v) is 22.3. The molecule has 1 N–H and O–H groups in total. The molecular weight excluding hydrogens is 492 g/mol. The molecule has 3 aliphatic rings. The van der Waals surface area contributed by atoms with E-state index in [1.165, 1.54) is 0 Å². The molecule has 2 atom stereocenters. The first-order chi connectivity index (χ1) is 18.4. The van der Waals surface area contributed by atoms with Crippen LogP contribution in [0.15, 0.2) is 24.3 Å². The van der Waals surface area contributed by atoms with E-state index in [9.17, 15) is 13.9 Å². The normalized spacial score (nSPS) is 28.3. The number of aliphatic hydroxyl groups is 1. The first-order valence-corrected chi connectivity index (χ1v) is 14.6. The van der Waals surface area contributed by atoms with Crippen molar-refractivity contribution in [3.63, 3.8) is 0 Å². The molecule has 1 heterocycles. The number of epoxide rings is 1. The number of ether oxygens (including phenoxy) is 1. The molecule has 0 radical (unpaired) electrons. The summed E-state index contributed by atoms with van der Waals surface area (Å²) in [5.41, 5.74) is 1.65. The topological polar surface area (TPSA) is 32.8 Å². The van der Waals surface area contributed by atoms with Crippen molar-refractivity contribution in [1.82, 2.24) is 0 Å². The van der Waals surface area contributed by atoms with E-state index in [0.717, 1.165) is 70.6 Å². The van der Waals surface area contributed by atoms with Crippen LogP contribution in [0.5, 0.6) is 0 Å². The summed E-state index contributed by atoms with van der Waals surface area (Å²) in [6.45, 7) is 2.51. The molecule has 2 aromatic rings. The minimum absolute atomic E-state index is 0.00926. The van der Waals surface area contributed by atoms with Crippen molar-refractivity contribution < 1.29 is 27.4 Å². The zero-order chi connectivity index (χ0) is 26.8. The molecule has 5 rings (SSSR count). The van der Waals surface area contributed by atoms with E-state index < -0.39 is 23.3 Å². The van der Waals surface area contributed by atoms with Gasteiger partial charge in [0.1, 0.15) is 6.10 Å². The highest BCUT2D eigenvalue weighted by Gasteiger charge is 2.33. The fourth-order valence-corrected chi connectivity index (χ4v) is 6.95. The molecule has 2 aliphatic carbocycles. The number of rotatable bonds is 9. The van der Waals surface area contributed by atoms with Crippen LogP contribution in [-0.4, -0.2) is 17.8 Å². The summed E-state index contributed by atoms with van der Waals surface area (Å²) in [5, 5.41) is 10.3. The quantitative estimate of drug-likeness (QED) is 0.259. The molecule has 0 bridgehead atoms. The maximum Gasteiger partial charge on any atom is 0.165 e. The van der Waals surface area contributed by atoms with Crippen LogP contribution in [-0.2, 0) is 11.2 Å². The zero-order valence-electron chi connectivity index (χ0n) is 22.3. The van der Waals surface area contributed by atoms with E-state index in [4.69, 9.17) is 4.74 Å². The highest BCUT2D eigenvalue weighted by molar-refractivity contribution is 5.32. The van der Waals surface area contributed by atoms with Gasteiger partial charge in [-0.25, -0.2) is 17.6 Å². The van der Waals surface area contributed by atoms with Crippen molar-refractivity contribution in [3.05, 3.63) is 69.8 Å². The lowest BCUT2D eigenvalue weighted by atomic mass is 9.75. The standard InChI is InChI=1S/C32H40F4O2/c1-2-3-27(37)22-12-10-21(11-13-22)24-15-14-23(29(33)30(24)34)9-6-19-4-7-20(8-5-19)25-16-17-26(28-18-38-28)32(36)31(25)35/h14-17,19-22,27-28,37H,2-13,18H2,1H3. The smallest absolute Gasteiger partial charge is 0.165 e. The second-order valence-electron chi connectivity index (χ2n) is 11.9. The van der Waals surface area contributed by atoms with E-state index in [-0.39, 0.29) is 30.0 Å². The fraction of sp³-hybridized carbons (Fsp3) is 0.625.